The average Bonchev–Trinajstić information content (AvgIpc) is 3.05. The molecular formula is C20H17ClFN5O7. The molecule has 2 aromatic heterocycles. The molecule has 0 radical (unpaired) electrons. The van der Waals surface area contributed by atoms with Gasteiger partial charge in [0.25, 0.3) is 5.60 Å². The maximum Gasteiger partial charge on any atom is 0.348 e. The number of carbonyl (C=O) groups is 2. The summed E-state index contributed by atoms with van der Waals surface area (Å²) in [5, 5.41) is 30.2. The summed E-state index contributed by atoms with van der Waals surface area (Å²) in [4.78, 5) is 35.8. The molecule has 1 aliphatic carbocycles. The molecule has 1 saturated heterocycles. The van der Waals surface area contributed by atoms with Crippen LogP contribution < -0.4 is 5.73 Å². The first-order chi connectivity index (χ1) is 16.1. The molecule has 5 rings (SSSR count). The molecule has 3 aromatic rings. The molecule has 3 heterocycles. The smallest absolute Gasteiger partial charge is 0.348 e. The van der Waals surface area contributed by atoms with Crippen LogP contribution in [0.25, 0.3) is 11.2 Å². The highest BCUT2D eigenvalue weighted by molar-refractivity contribution is 6.28. The topological polar surface area (TPSA) is 183 Å². The number of carboxylic acid groups (broad SMARTS) is 2. The van der Waals surface area contributed by atoms with Crippen molar-refractivity contribution >= 4 is 40.5 Å². The Kier molecular flexibility index (Phi) is 4.98. The van der Waals surface area contributed by atoms with Gasteiger partial charge in [-0.25, -0.2) is 19.0 Å². The summed E-state index contributed by atoms with van der Waals surface area (Å²) in [7, 11) is 0. The van der Waals surface area contributed by atoms with E-state index in [1.54, 1.807) is 18.2 Å². The number of ether oxygens (including phenoxy) is 2. The molecule has 178 valence electrons. The van der Waals surface area contributed by atoms with Crippen LogP contribution in [0.4, 0.5) is 10.2 Å². The second-order valence-electron chi connectivity index (χ2n) is 8.08. The van der Waals surface area contributed by atoms with Crippen molar-refractivity contribution in [1.29, 1.82) is 0 Å². The van der Waals surface area contributed by atoms with Crippen LogP contribution in [0.2, 0.25) is 5.28 Å². The van der Waals surface area contributed by atoms with Crippen molar-refractivity contribution in [2.24, 2.45) is 0 Å². The summed E-state index contributed by atoms with van der Waals surface area (Å²) in [6, 6.07) is 7.94. The van der Waals surface area contributed by atoms with Crippen molar-refractivity contribution in [1.82, 2.24) is 19.5 Å². The third-order valence-corrected chi connectivity index (χ3v) is 6.23. The van der Waals surface area contributed by atoms with E-state index in [9.17, 15) is 24.9 Å². The van der Waals surface area contributed by atoms with Gasteiger partial charge >= 0.3 is 11.9 Å². The van der Waals surface area contributed by atoms with E-state index in [0.717, 1.165) is 4.57 Å². The molecule has 1 aromatic carbocycles. The molecule has 12 nitrogen and oxygen atoms in total. The number of hydrogen-bond donors (Lipinski definition) is 4. The van der Waals surface area contributed by atoms with E-state index >= 15 is 4.39 Å². The van der Waals surface area contributed by atoms with E-state index < -0.39 is 54.2 Å². The van der Waals surface area contributed by atoms with Crippen molar-refractivity contribution < 1.29 is 38.8 Å². The largest absolute Gasteiger partial charge is 0.479 e. The van der Waals surface area contributed by atoms with Crippen LogP contribution in [0.5, 0.6) is 0 Å². The number of carboxylic acids is 2. The van der Waals surface area contributed by atoms with Crippen LogP contribution in [0.15, 0.2) is 36.7 Å². The molecule has 5 N–H and O–H groups in total. The number of nitrogens with zero attached hydrogens (tertiary/aromatic N) is 4. The van der Waals surface area contributed by atoms with Crippen molar-refractivity contribution in [2.75, 3.05) is 5.73 Å². The van der Waals surface area contributed by atoms with Gasteiger partial charge in [0.2, 0.25) is 5.28 Å². The van der Waals surface area contributed by atoms with Gasteiger partial charge in [-0.15, -0.1) is 0 Å². The van der Waals surface area contributed by atoms with Gasteiger partial charge in [-0.2, -0.15) is 9.97 Å². The zero-order valence-electron chi connectivity index (χ0n) is 17.1. The maximum atomic E-state index is 15.4. The lowest BCUT2D eigenvalue weighted by Gasteiger charge is -2.28. The molecule has 1 saturated carbocycles. The van der Waals surface area contributed by atoms with Crippen molar-refractivity contribution in [3.05, 3.63) is 47.5 Å². The number of aromatic nitrogens is 4. The third-order valence-electron chi connectivity index (χ3n) is 6.07. The van der Waals surface area contributed by atoms with E-state index in [4.69, 9.17) is 26.8 Å². The summed E-state index contributed by atoms with van der Waals surface area (Å²) in [5.41, 5.74) is 1.24. The van der Waals surface area contributed by atoms with E-state index in [1.165, 1.54) is 18.5 Å². The molecular weight excluding hydrogens is 477 g/mol. The van der Waals surface area contributed by atoms with Gasteiger partial charge in [-0.3, -0.25) is 4.57 Å². The Bertz CT molecular complexity index is 1290. The Morgan fingerprint density at radius 2 is 1.94 bits per heavy atom. The van der Waals surface area contributed by atoms with E-state index in [1.807, 2.05) is 0 Å². The van der Waals surface area contributed by atoms with Crippen molar-refractivity contribution in [3.63, 3.8) is 0 Å². The van der Waals surface area contributed by atoms with Gasteiger partial charge in [-0.1, -0.05) is 30.3 Å². The number of aliphatic carboxylic acids is 2. The Morgan fingerprint density at radius 1 is 1.26 bits per heavy atom. The minimum atomic E-state index is -2.78. The predicted molar refractivity (Wildman–Crippen MR) is 112 cm³/mol. The molecule has 2 aliphatic rings. The Hall–Kier alpha value is -3.39. The first kappa shape index (κ1) is 22.4. The SMILES string of the molecule is Nc1nc(Cl)nc2c1ncn2[C@@H]1O[C@@H]2C(OC(Cc3ccccc3)(C(=O)O)C(=O)O)[C@]2(O)[C@@H]1F. The number of hydrogen-bond acceptors (Lipinski definition) is 9. The zero-order chi connectivity index (χ0) is 24.4. The maximum absolute atomic E-state index is 15.4. The van der Waals surface area contributed by atoms with Crippen LogP contribution in [0, 0.1) is 0 Å². The van der Waals surface area contributed by atoms with Gasteiger partial charge in [0, 0.05) is 6.42 Å². The van der Waals surface area contributed by atoms with E-state index in [-0.39, 0.29) is 22.3 Å². The van der Waals surface area contributed by atoms with E-state index in [2.05, 4.69) is 15.0 Å². The molecule has 14 heteroatoms. The summed E-state index contributed by atoms with van der Waals surface area (Å²) in [5.74, 6) is -3.64. The van der Waals surface area contributed by atoms with Crippen LogP contribution >= 0.6 is 11.6 Å². The lowest BCUT2D eigenvalue weighted by Crippen LogP contribution is -2.53. The number of benzene rings is 1. The van der Waals surface area contributed by atoms with Gasteiger partial charge in [0.1, 0.15) is 17.7 Å². The quantitative estimate of drug-likeness (QED) is 0.266. The number of nitrogen functional groups attached to an aromatic ring is 1. The van der Waals surface area contributed by atoms with Gasteiger partial charge < -0.3 is 30.5 Å². The summed E-state index contributed by atoms with van der Waals surface area (Å²) < 4.78 is 27.6. The lowest BCUT2D eigenvalue weighted by atomic mass is 9.94. The number of aliphatic hydroxyl groups is 1. The van der Waals surface area contributed by atoms with Gasteiger partial charge in [0.05, 0.1) is 6.33 Å². The van der Waals surface area contributed by atoms with Gasteiger partial charge in [0.15, 0.2) is 29.5 Å². The monoisotopic (exact) mass is 493 g/mol. The Morgan fingerprint density at radius 3 is 2.53 bits per heavy atom. The fourth-order valence-corrected chi connectivity index (χ4v) is 4.39. The normalized spacial score (nSPS) is 28.1. The number of alkyl halides is 1. The minimum absolute atomic E-state index is 0.0409. The molecule has 1 unspecified atom stereocenters. The second-order valence-corrected chi connectivity index (χ2v) is 8.41. The highest BCUT2D eigenvalue weighted by Gasteiger charge is 2.80. The van der Waals surface area contributed by atoms with Gasteiger partial charge in [-0.05, 0) is 17.2 Å². The minimum Gasteiger partial charge on any atom is -0.479 e. The fraction of sp³-hybridized carbons (Fsp3) is 0.350. The highest BCUT2D eigenvalue weighted by Crippen LogP contribution is 2.58. The second kappa shape index (κ2) is 7.56. The van der Waals surface area contributed by atoms with Crippen LogP contribution in [-0.2, 0) is 25.5 Å². The van der Waals surface area contributed by atoms with E-state index in [0.29, 0.717) is 5.56 Å². The first-order valence-corrected chi connectivity index (χ1v) is 10.3. The van der Waals surface area contributed by atoms with Crippen molar-refractivity contribution in [2.45, 2.75) is 42.2 Å². The number of fused-ring (bicyclic) bond motifs is 2. The number of imidazole rings is 1. The number of halogens is 2. The van der Waals surface area contributed by atoms with Crippen LogP contribution in [0.3, 0.4) is 0 Å². The zero-order valence-corrected chi connectivity index (χ0v) is 17.8. The Balaban J connectivity index is 1.42. The number of nitrogens with two attached hydrogens (primary N) is 1. The predicted octanol–water partition coefficient (Wildman–Crippen LogP) is 0.578. The standard InChI is InChI=1S/C20H17ClFN5O7/c21-18-25-13(23)9-14(26-18)27(7-24-9)15-10(22)20(32)11(33-15)12(20)34-19(16(28)29,17(30)31)6-8-4-2-1-3-5-8/h1-5,7,10-12,15,32H,6H2,(H,28,29)(H,30,31)(H2,23,25,26)/t10-,11-,12?,15-,20+/m1/s1. The number of rotatable bonds is 7. The molecule has 0 bridgehead atoms. The fourth-order valence-electron chi connectivity index (χ4n) is 4.22. The van der Waals surface area contributed by atoms with Crippen LogP contribution in [-0.4, -0.2) is 76.4 Å². The van der Waals surface area contributed by atoms with Crippen molar-refractivity contribution in [3.8, 4) is 0 Å². The molecule has 2 fully saturated rings. The first-order valence-electron chi connectivity index (χ1n) is 9.95. The van der Waals surface area contributed by atoms with Crippen LogP contribution in [0.1, 0.15) is 11.8 Å². The third kappa shape index (κ3) is 3.12. The summed E-state index contributed by atoms with van der Waals surface area (Å²) >= 11 is 5.82. The summed E-state index contributed by atoms with van der Waals surface area (Å²) in [6.07, 6.45) is -5.84. The molecule has 0 amide bonds. The Labute approximate surface area is 194 Å². The molecule has 34 heavy (non-hydrogen) atoms. The highest BCUT2D eigenvalue weighted by atomic mass is 35.5. The molecule has 5 atom stereocenters. The number of anilines is 1. The lowest BCUT2D eigenvalue weighted by molar-refractivity contribution is -0.194. The molecule has 1 aliphatic heterocycles. The molecule has 0 spiro atoms. The summed E-state index contributed by atoms with van der Waals surface area (Å²) in [6.45, 7) is 0. The average molecular weight is 494 g/mol.